The van der Waals surface area contributed by atoms with Gasteiger partial charge in [-0.15, -0.1) is 0 Å². The summed E-state index contributed by atoms with van der Waals surface area (Å²) in [7, 11) is 0. The van der Waals surface area contributed by atoms with Crippen LogP contribution in [0, 0.1) is 5.41 Å². The Bertz CT molecular complexity index is 600. The van der Waals surface area contributed by atoms with Crippen LogP contribution < -0.4 is 4.90 Å². The zero-order valence-corrected chi connectivity index (χ0v) is 12.4. The van der Waals surface area contributed by atoms with Gasteiger partial charge in [0, 0.05) is 32.4 Å². The van der Waals surface area contributed by atoms with E-state index in [0.29, 0.717) is 26.2 Å². The van der Waals surface area contributed by atoms with E-state index in [9.17, 15) is 18.0 Å². The Hall–Kier alpha value is -2.06. The summed E-state index contributed by atoms with van der Waals surface area (Å²) in [5.74, 6) is -0.858. The van der Waals surface area contributed by atoms with Crippen LogP contribution in [-0.2, 0) is 6.18 Å². The van der Waals surface area contributed by atoms with Gasteiger partial charge in [-0.1, -0.05) is 0 Å². The smallest absolute Gasteiger partial charge is 0.451 e. The molecular formula is C14H17F3N4O2. The average molecular weight is 330 g/mol. The second-order valence-corrected chi connectivity index (χ2v) is 6.18. The first-order chi connectivity index (χ1) is 10.8. The van der Waals surface area contributed by atoms with Gasteiger partial charge < -0.3 is 14.9 Å². The van der Waals surface area contributed by atoms with Crippen molar-refractivity contribution in [1.29, 1.82) is 0 Å². The van der Waals surface area contributed by atoms with Gasteiger partial charge in [0.05, 0.1) is 0 Å². The van der Waals surface area contributed by atoms with Gasteiger partial charge in [0.15, 0.2) is 0 Å². The quantitative estimate of drug-likeness (QED) is 0.857. The maximum atomic E-state index is 12.7. The van der Waals surface area contributed by atoms with Crippen molar-refractivity contribution in [3.63, 3.8) is 0 Å². The number of carbonyl (C=O) groups is 1. The zero-order valence-electron chi connectivity index (χ0n) is 12.4. The Morgan fingerprint density at radius 3 is 2.43 bits per heavy atom. The van der Waals surface area contributed by atoms with Gasteiger partial charge in [-0.2, -0.15) is 13.2 Å². The van der Waals surface area contributed by atoms with E-state index in [2.05, 4.69) is 9.97 Å². The lowest BCUT2D eigenvalue weighted by molar-refractivity contribution is -0.144. The number of nitrogens with zero attached hydrogens (tertiary/aromatic N) is 4. The van der Waals surface area contributed by atoms with Crippen molar-refractivity contribution in [3.8, 4) is 0 Å². The molecule has 0 radical (unpaired) electrons. The van der Waals surface area contributed by atoms with E-state index in [1.807, 2.05) is 4.90 Å². The second-order valence-electron chi connectivity index (χ2n) is 6.18. The predicted octanol–water partition coefficient (Wildman–Crippen LogP) is 2.47. The summed E-state index contributed by atoms with van der Waals surface area (Å²) >= 11 is 0. The predicted molar refractivity (Wildman–Crippen MR) is 75.1 cm³/mol. The van der Waals surface area contributed by atoms with Gasteiger partial charge in [-0.05, 0) is 30.7 Å². The fourth-order valence-electron chi connectivity index (χ4n) is 3.38. The third-order valence-electron chi connectivity index (χ3n) is 4.75. The molecule has 0 saturated carbocycles. The monoisotopic (exact) mass is 330 g/mol. The van der Waals surface area contributed by atoms with Crippen LogP contribution in [0.4, 0.5) is 23.8 Å². The van der Waals surface area contributed by atoms with Crippen LogP contribution in [0.5, 0.6) is 0 Å². The van der Waals surface area contributed by atoms with E-state index in [0.717, 1.165) is 25.5 Å². The summed E-state index contributed by atoms with van der Waals surface area (Å²) in [6.07, 6.45) is -2.03. The molecule has 3 heterocycles. The molecule has 9 heteroatoms. The second kappa shape index (κ2) is 5.54. The highest BCUT2D eigenvalue weighted by Crippen LogP contribution is 2.41. The molecule has 3 rings (SSSR count). The molecule has 23 heavy (non-hydrogen) atoms. The van der Waals surface area contributed by atoms with Crippen molar-refractivity contribution >= 4 is 11.9 Å². The molecule has 2 aliphatic heterocycles. The Labute approximate surface area is 130 Å². The molecule has 2 saturated heterocycles. The van der Waals surface area contributed by atoms with Crippen LogP contribution in [-0.4, -0.2) is 52.2 Å². The fourth-order valence-corrected chi connectivity index (χ4v) is 3.38. The maximum Gasteiger partial charge on any atom is 0.451 e. The minimum absolute atomic E-state index is 0.0468. The van der Waals surface area contributed by atoms with Crippen molar-refractivity contribution in [2.75, 3.05) is 31.1 Å². The summed E-state index contributed by atoms with van der Waals surface area (Å²) in [5, 5.41) is 9.06. The Morgan fingerprint density at radius 1 is 1.22 bits per heavy atom. The van der Waals surface area contributed by atoms with Crippen molar-refractivity contribution in [2.45, 2.75) is 25.4 Å². The lowest BCUT2D eigenvalue weighted by atomic mass is 9.78. The first kappa shape index (κ1) is 15.8. The van der Waals surface area contributed by atoms with Gasteiger partial charge in [0.1, 0.15) is 5.82 Å². The first-order valence-electron chi connectivity index (χ1n) is 7.42. The standard InChI is InChI=1S/C14H17F3N4O2/c15-14(16,17)11-18-5-1-10(19-11)20-6-2-13(3-7-20)4-8-21(9-13)12(22)23/h1,5H,2-4,6-9H2,(H,22,23). The van der Waals surface area contributed by atoms with Crippen molar-refractivity contribution in [2.24, 2.45) is 5.41 Å². The van der Waals surface area contributed by atoms with Gasteiger partial charge >= 0.3 is 12.3 Å². The Balaban J connectivity index is 1.67. The molecule has 0 atom stereocenters. The minimum Gasteiger partial charge on any atom is -0.465 e. The van der Waals surface area contributed by atoms with Crippen LogP contribution >= 0.6 is 0 Å². The largest absolute Gasteiger partial charge is 0.465 e. The average Bonchev–Trinajstić information content (AvgIpc) is 2.92. The summed E-state index contributed by atoms with van der Waals surface area (Å²) in [5.41, 5.74) is -0.0468. The number of hydrogen-bond donors (Lipinski definition) is 1. The molecule has 2 fully saturated rings. The molecule has 126 valence electrons. The molecule has 2 aliphatic rings. The zero-order chi connectivity index (χ0) is 16.7. The third-order valence-corrected chi connectivity index (χ3v) is 4.75. The van der Waals surface area contributed by atoms with E-state index < -0.39 is 18.1 Å². The molecule has 1 aromatic heterocycles. The van der Waals surface area contributed by atoms with Crippen LogP contribution in [0.2, 0.25) is 0 Å². The molecule has 0 bridgehead atoms. The van der Waals surface area contributed by atoms with E-state index >= 15 is 0 Å². The first-order valence-corrected chi connectivity index (χ1v) is 7.42. The number of piperidine rings is 1. The van der Waals surface area contributed by atoms with E-state index in [1.54, 1.807) is 0 Å². The van der Waals surface area contributed by atoms with Gasteiger partial charge in [-0.3, -0.25) is 0 Å². The highest BCUT2D eigenvalue weighted by atomic mass is 19.4. The SMILES string of the molecule is O=C(O)N1CCC2(CCN(c3ccnc(C(F)(F)F)n3)CC2)C1. The summed E-state index contributed by atoms with van der Waals surface area (Å²) < 4.78 is 38.1. The molecule has 0 unspecified atom stereocenters. The third kappa shape index (κ3) is 3.18. The number of amides is 1. The molecular weight excluding hydrogens is 313 g/mol. The molecule has 6 nitrogen and oxygen atoms in total. The number of anilines is 1. The number of likely N-dealkylation sites (tertiary alicyclic amines) is 1. The van der Waals surface area contributed by atoms with Gasteiger partial charge in [0.25, 0.3) is 0 Å². The van der Waals surface area contributed by atoms with Crippen LogP contribution in [0.25, 0.3) is 0 Å². The lowest BCUT2D eigenvalue weighted by Gasteiger charge is -2.39. The molecule has 1 aromatic rings. The molecule has 1 amide bonds. The highest BCUT2D eigenvalue weighted by molar-refractivity contribution is 5.65. The number of carboxylic acid groups (broad SMARTS) is 1. The molecule has 1 spiro atoms. The van der Waals surface area contributed by atoms with Crippen LogP contribution in [0.3, 0.4) is 0 Å². The van der Waals surface area contributed by atoms with Gasteiger partial charge in [0.2, 0.25) is 5.82 Å². The van der Waals surface area contributed by atoms with Crippen molar-refractivity contribution < 1.29 is 23.1 Å². The maximum absolute atomic E-state index is 12.7. The number of aromatic nitrogens is 2. The molecule has 0 aliphatic carbocycles. The Morgan fingerprint density at radius 2 is 1.87 bits per heavy atom. The number of alkyl halides is 3. The van der Waals surface area contributed by atoms with Crippen LogP contribution in [0.15, 0.2) is 12.3 Å². The van der Waals surface area contributed by atoms with Crippen LogP contribution in [0.1, 0.15) is 25.1 Å². The lowest BCUT2D eigenvalue weighted by Crippen LogP contribution is -2.42. The normalized spacial score (nSPS) is 21.0. The summed E-state index contributed by atoms with van der Waals surface area (Å²) in [6, 6.07) is 1.48. The summed E-state index contributed by atoms with van der Waals surface area (Å²) in [6.45, 7) is 2.18. The topological polar surface area (TPSA) is 69.6 Å². The summed E-state index contributed by atoms with van der Waals surface area (Å²) in [4.78, 5) is 21.1. The Kier molecular flexibility index (Phi) is 3.81. The van der Waals surface area contributed by atoms with Crippen molar-refractivity contribution in [1.82, 2.24) is 14.9 Å². The van der Waals surface area contributed by atoms with Crippen molar-refractivity contribution in [3.05, 3.63) is 18.1 Å². The van der Waals surface area contributed by atoms with E-state index in [1.165, 1.54) is 11.0 Å². The molecule has 0 aromatic carbocycles. The van der Waals surface area contributed by atoms with E-state index in [-0.39, 0.29) is 11.2 Å². The van der Waals surface area contributed by atoms with E-state index in [4.69, 9.17) is 5.11 Å². The number of rotatable bonds is 1. The molecule has 1 N–H and O–H groups in total. The highest BCUT2D eigenvalue weighted by Gasteiger charge is 2.42. The fraction of sp³-hybridized carbons (Fsp3) is 0.643. The number of halogens is 3. The van der Waals surface area contributed by atoms with Gasteiger partial charge in [-0.25, -0.2) is 14.8 Å². The minimum atomic E-state index is -4.56. The number of hydrogen-bond acceptors (Lipinski definition) is 4.